The SMILES string of the molecule is [N-]=[N+]=NC(C(=O)N[C@H]1CN(OS(=O)(=O)O)C1=O)c1ccccc1. The van der Waals surface area contributed by atoms with Crippen LogP contribution in [-0.2, 0) is 24.3 Å². The second kappa shape index (κ2) is 6.62. The fourth-order valence-corrected chi connectivity index (χ4v) is 2.25. The molecule has 0 bridgehead atoms. The summed E-state index contributed by atoms with van der Waals surface area (Å²) in [7, 11) is -4.81. The molecule has 1 unspecified atom stereocenters. The smallest absolute Gasteiger partial charge is 0.342 e. The molecule has 122 valence electrons. The number of nitrogens with one attached hydrogen (secondary N) is 1. The van der Waals surface area contributed by atoms with E-state index in [2.05, 4.69) is 19.6 Å². The molecule has 0 saturated carbocycles. The summed E-state index contributed by atoms with van der Waals surface area (Å²) in [6.07, 6.45) is 0. The topological polar surface area (TPSA) is 162 Å². The number of hydrogen-bond acceptors (Lipinski definition) is 6. The Labute approximate surface area is 130 Å². The molecule has 1 saturated heterocycles. The summed E-state index contributed by atoms with van der Waals surface area (Å²) in [5.41, 5.74) is 8.99. The fourth-order valence-electron chi connectivity index (χ4n) is 1.89. The predicted molar refractivity (Wildman–Crippen MR) is 74.6 cm³/mol. The lowest BCUT2D eigenvalue weighted by atomic mass is 10.1. The summed E-state index contributed by atoms with van der Waals surface area (Å²) in [5.74, 6) is -1.58. The summed E-state index contributed by atoms with van der Waals surface area (Å²) in [6.45, 7) is -0.276. The highest BCUT2D eigenvalue weighted by atomic mass is 32.3. The van der Waals surface area contributed by atoms with Gasteiger partial charge in [-0.25, -0.2) is 0 Å². The molecule has 1 aliphatic rings. The summed E-state index contributed by atoms with van der Waals surface area (Å²) >= 11 is 0. The maximum Gasteiger partial charge on any atom is 0.418 e. The quantitative estimate of drug-likeness (QED) is 0.245. The zero-order valence-corrected chi connectivity index (χ0v) is 12.3. The van der Waals surface area contributed by atoms with E-state index < -0.39 is 34.3 Å². The Hall–Kier alpha value is -2.66. The normalized spacial score (nSPS) is 18.6. The largest absolute Gasteiger partial charge is 0.418 e. The van der Waals surface area contributed by atoms with E-state index in [0.29, 0.717) is 10.6 Å². The van der Waals surface area contributed by atoms with E-state index in [-0.39, 0.29) is 6.54 Å². The Morgan fingerprint density at radius 1 is 1.48 bits per heavy atom. The number of benzene rings is 1. The lowest BCUT2D eigenvalue weighted by Gasteiger charge is -2.35. The minimum Gasteiger partial charge on any atom is -0.342 e. The Morgan fingerprint density at radius 3 is 2.65 bits per heavy atom. The first-order valence-electron chi connectivity index (χ1n) is 6.20. The molecule has 11 nitrogen and oxygen atoms in total. The zero-order chi connectivity index (χ0) is 17.0. The van der Waals surface area contributed by atoms with E-state index in [4.69, 9.17) is 10.1 Å². The third-order valence-corrected chi connectivity index (χ3v) is 3.29. The van der Waals surface area contributed by atoms with Crippen LogP contribution in [0.1, 0.15) is 11.6 Å². The first-order valence-corrected chi connectivity index (χ1v) is 7.56. The molecule has 1 aliphatic heterocycles. The maximum atomic E-state index is 12.1. The summed E-state index contributed by atoms with van der Waals surface area (Å²) in [5, 5.41) is 6.08. The van der Waals surface area contributed by atoms with E-state index in [1.807, 2.05) is 0 Å². The molecule has 2 amide bonds. The fraction of sp³-hybridized carbons (Fsp3) is 0.273. The molecule has 23 heavy (non-hydrogen) atoms. The molecule has 2 N–H and O–H groups in total. The highest BCUT2D eigenvalue weighted by molar-refractivity contribution is 7.80. The van der Waals surface area contributed by atoms with Crippen LogP contribution in [0.5, 0.6) is 0 Å². The predicted octanol–water partition coefficient (Wildman–Crippen LogP) is 0.0994. The molecule has 1 aromatic carbocycles. The molecule has 12 heteroatoms. The molecule has 2 atom stereocenters. The van der Waals surface area contributed by atoms with Crippen molar-refractivity contribution in [2.45, 2.75) is 12.1 Å². The molecular formula is C11H11N5O6S. The van der Waals surface area contributed by atoms with Crippen molar-refractivity contribution in [3.63, 3.8) is 0 Å². The van der Waals surface area contributed by atoms with E-state index >= 15 is 0 Å². The highest BCUT2D eigenvalue weighted by Gasteiger charge is 2.42. The van der Waals surface area contributed by atoms with Crippen molar-refractivity contribution < 1.29 is 26.8 Å². The number of carbonyl (C=O) groups is 2. The van der Waals surface area contributed by atoms with Crippen molar-refractivity contribution >= 4 is 22.2 Å². The Balaban J connectivity index is 2.01. The van der Waals surface area contributed by atoms with Crippen LogP contribution in [-0.4, -0.2) is 42.4 Å². The van der Waals surface area contributed by atoms with Gasteiger partial charge in [0.05, 0.1) is 6.54 Å². The van der Waals surface area contributed by atoms with Gasteiger partial charge in [-0.2, -0.15) is 13.5 Å². The van der Waals surface area contributed by atoms with Crippen LogP contribution < -0.4 is 5.32 Å². The van der Waals surface area contributed by atoms with Crippen molar-refractivity contribution in [1.82, 2.24) is 10.4 Å². The first-order chi connectivity index (χ1) is 10.8. The second-order valence-corrected chi connectivity index (χ2v) is 5.49. The van der Waals surface area contributed by atoms with Crippen LogP contribution in [0.2, 0.25) is 0 Å². The maximum absolute atomic E-state index is 12.1. The van der Waals surface area contributed by atoms with Gasteiger partial charge in [0.1, 0.15) is 12.1 Å². The Bertz CT molecular complexity index is 760. The standard InChI is InChI=1S/C11H11N5O6S/c12-15-14-9(7-4-2-1-3-5-7)10(17)13-8-6-16(11(8)18)22-23(19,20)21/h1-5,8-9H,6H2,(H,13,17)(H,19,20,21)/t8-,9?/m0/s1. The summed E-state index contributed by atoms with van der Waals surface area (Å²) in [6, 6.07) is 5.96. The first kappa shape index (κ1) is 16.7. The van der Waals surface area contributed by atoms with Crippen molar-refractivity contribution in [3.05, 3.63) is 46.3 Å². The minimum absolute atomic E-state index is 0.276. The molecule has 0 spiro atoms. The van der Waals surface area contributed by atoms with Crippen LogP contribution >= 0.6 is 0 Å². The van der Waals surface area contributed by atoms with Gasteiger partial charge in [-0.3, -0.25) is 14.1 Å². The van der Waals surface area contributed by atoms with Crippen LogP contribution in [0, 0.1) is 0 Å². The number of amides is 2. The number of rotatable bonds is 6. The third kappa shape index (κ3) is 4.17. The molecule has 1 aromatic rings. The number of hydrogen-bond donors (Lipinski definition) is 2. The minimum atomic E-state index is -4.81. The van der Waals surface area contributed by atoms with Gasteiger partial charge in [0, 0.05) is 4.91 Å². The summed E-state index contributed by atoms with van der Waals surface area (Å²) in [4.78, 5) is 26.3. The number of azide groups is 1. The summed E-state index contributed by atoms with van der Waals surface area (Å²) < 4.78 is 33.4. The van der Waals surface area contributed by atoms with E-state index in [1.165, 1.54) is 0 Å². The molecule has 1 heterocycles. The van der Waals surface area contributed by atoms with Gasteiger partial charge in [-0.1, -0.05) is 35.4 Å². The second-order valence-electron chi connectivity index (χ2n) is 4.48. The third-order valence-electron chi connectivity index (χ3n) is 2.92. The molecule has 1 fully saturated rings. The van der Waals surface area contributed by atoms with E-state index in [9.17, 15) is 18.0 Å². The Morgan fingerprint density at radius 2 is 2.13 bits per heavy atom. The van der Waals surface area contributed by atoms with Gasteiger partial charge in [0.2, 0.25) is 5.91 Å². The molecule has 0 aliphatic carbocycles. The Kier molecular flexibility index (Phi) is 4.81. The van der Waals surface area contributed by atoms with Crippen LogP contribution in [0.15, 0.2) is 35.4 Å². The van der Waals surface area contributed by atoms with Crippen molar-refractivity contribution in [2.75, 3.05) is 6.54 Å². The average molecular weight is 341 g/mol. The van der Waals surface area contributed by atoms with Gasteiger partial charge in [0.15, 0.2) is 0 Å². The van der Waals surface area contributed by atoms with Crippen molar-refractivity contribution in [2.24, 2.45) is 5.11 Å². The van der Waals surface area contributed by atoms with Crippen LogP contribution in [0.3, 0.4) is 0 Å². The monoisotopic (exact) mass is 341 g/mol. The van der Waals surface area contributed by atoms with Gasteiger partial charge in [-0.15, -0.1) is 4.28 Å². The number of hydroxylamine groups is 2. The lowest BCUT2D eigenvalue weighted by Crippen LogP contribution is -2.64. The number of β-lactam (4-membered cyclic amide) rings is 1. The molecule has 0 radical (unpaired) electrons. The number of carbonyl (C=O) groups excluding carboxylic acids is 2. The molecule has 0 aromatic heterocycles. The van der Waals surface area contributed by atoms with Gasteiger partial charge >= 0.3 is 10.4 Å². The van der Waals surface area contributed by atoms with E-state index in [1.54, 1.807) is 30.3 Å². The van der Waals surface area contributed by atoms with E-state index in [0.717, 1.165) is 0 Å². The zero-order valence-electron chi connectivity index (χ0n) is 11.4. The lowest BCUT2D eigenvalue weighted by molar-refractivity contribution is -0.182. The molecule has 2 rings (SSSR count). The van der Waals surface area contributed by atoms with Gasteiger partial charge < -0.3 is 5.32 Å². The highest BCUT2D eigenvalue weighted by Crippen LogP contribution is 2.19. The van der Waals surface area contributed by atoms with Crippen LogP contribution in [0.4, 0.5) is 0 Å². The number of nitrogens with zero attached hydrogens (tertiary/aromatic N) is 4. The van der Waals surface area contributed by atoms with Crippen molar-refractivity contribution in [1.29, 1.82) is 0 Å². The molecular weight excluding hydrogens is 330 g/mol. The van der Waals surface area contributed by atoms with Crippen molar-refractivity contribution in [3.8, 4) is 0 Å². The van der Waals surface area contributed by atoms with Crippen LogP contribution in [0.25, 0.3) is 10.4 Å². The van der Waals surface area contributed by atoms with Gasteiger partial charge in [0.25, 0.3) is 5.91 Å². The average Bonchev–Trinajstić information content (AvgIpc) is 2.50. The van der Waals surface area contributed by atoms with Gasteiger partial charge in [-0.05, 0) is 11.1 Å².